The van der Waals surface area contributed by atoms with Crippen LogP contribution >= 0.6 is 11.3 Å². The number of benzene rings is 7. The SMILES string of the molecule is c1ccc(-c2nc(-c3ccccc3)nc(-c3cccc(-c4nc(-c5ccccc5)nc(-n5c6ccccc6c6ccc7c8ccccc8sc7c65)n4)c3)n2)cc1. The lowest BCUT2D eigenvalue weighted by molar-refractivity contribution is 0.955. The van der Waals surface area contributed by atoms with Crippen LogP contribution in [0.3, 0.4) is 0 Å². The van der Waals surface area contributed by atoms with Crippen LogP contribution in [0.4, 0.5) is 0 Å². The summed E-state index contributed by atoms with van der Waals surface area (Å²) >= 11 is 1.80. The highest BCUT2D eigenvalue weighted by Crippen LogP contribution is 2.43. The van der Waals surface area contributed by atoms with Crippen LogP contribution in [0.1, 0.15) is 0 Å². The van der Waals surface area contributed by atoms with Crippen LogP contribution in [0, 0.1) is 0 Å². The van der Waals surface area contributed by atoms with Gasteiger partial charge in [-0.25, -0.2) is 19.9 Å². The maximum Gasteiger partial charge on any atom is 0.238 e. The van der Waals surface area contributed by atoms with E-state index in [2.05, 4.69) is 71.3 Å². The second-order valence-electron chi connectivity index (χ2n) is 13.6. The van der Waals surface area contributed by atoms with Gasteiger partial charge >= 0.3 is 0 Å². The minimum atomic E-state index is 0.547. The van der Waals surface area contributed by atoms with Crippen LogP contribution in [0.15, 0.2) is 176 Å². The molecule has 0 unspecified atom stereocenters. The monoisotopic (exact) mass is 735 g/mol. The number of para-hydroxylation sites is 1. The largest absolute Gasteiger partial charge is 0.276 e. The topological polar surface area (TPSA) is 82.3 Å². The van der Waals surface area contributed by atoms with Gasteiger partial charge in [-0.05, 0) is 18.2 Å². The highest BCUT2D eigenvalue weighted by Gasteiger charge is 2.21. The molecule has 7 aromatic carbocycles. The number of hydrogen-bond acceptors (Lipinski definition) is 7. The zero-order valence-electron chi connectivity index (χ0n) is 29.8. The third kappa shape index (κ3) is 5.42. The van der Waals surface area contributed by atoms with Gasteiger partial charge in [0.1, 0.15) is 0 Å². The Bertz CT molecular complexity index is 3190. The molecule has 0 saturated heterocycles. The molecule has 4 aromatic heterocycles. The molecule has 0 fully saturated rings. The van der Waals surface area contributed by atoms with Crippen molar-refractivity contribution in [2.45, 2.75) is 0 Å². The summed E-state index contributed by atoms with van der Waals surface area (Å²) in [6, 6.07) is 59.8. The molecule has 8 heteroatoms. The lowest BCUT2D eigenvalue weighted by Gasteiger charge is -2.12. The molecule has 0 atom stereocenters. The van der Waals surface area contributed by atoms with Crippen LogP contribution in [0.25, 0.3) is 105 Å². The Morgan fingerprint density at radius 1 is 0.339 bits per heavy atom. The fourth-order valence-electron chi connectivity index (χ4n) is 7.48. The molecule has 11 rings (SSSR count). The van der Waals surface area contributed by atoms with Crippen LogP contribution < -0.4 is 0 Å². The molecule has 4 heterocycles. The Morgan fingerprint density at radius 3 is 1.39 bits per heavy atom. The molecule has 0 saturated carbocycles. The first kappa shape index (κ1) is 32.0. The number of rotatable bonds is 6. The second kappa shape index (κ2) is 13.2. The van der Waals surface area contributed by atoms with E-state index in [1.807, 2.05) is 109 Å². The summed E-state index contributed by atoms with van der Waals surface area (Å²) in [5, 5.41) is 4.76. The van der Waals surface area contributed by atoms with Crippen LogP contribution in [0.2, 0.25) is 0 Å². The second-order valence-corrected chi connectivity index (χ2v) is 14.6. The Morgan fingerprint density at radius 2 is 0.786 bits per heavy atom. The first-order valence-electron chi connectivity index (χ1n) is 18.4. The average molecular weight is 736 g/mol. The van der Waals surface area contributed by atoms with E-state index < -0.39 is 0 Å². The van der Waals surface area contributed by atoms with Gasteiger partial charge in [0, 0.05) is 54.1 Å². The van der Waals surface area contributed by atoms with E-state index in [1.165, 1.54) is 20.2 Å². The molecule has 0 bridgehead atoms. The fourth-order valence-corrected chi connectivity index (χ4v) is 8.72. The number of aromatic nitrogens is 7. The van der Waals surface area contributed by atoms with Gasteiger partial charge in [-0.15, -0.1) is 11.3 Å². The predicted octanol–water partition coefficient (Wildman–Crippen LogP) is 11.9. The van der Waals surface area contributed by atoms with Gasteiger partial charge in [-0.1, -0.05) is 158 Å². The quantitative estimate of drug-likeness (QED) is 0.169. The van der Waals surface area contributed by atoms with Crippen molar-refractivity contribution in [2.24, 2.45) is 0 Å². The molecule has 0 aliphatic heterocycles. The average Bonchev–Trinajstić information content (AvgIpc) is 3.83. The van der Waals surface area contributed by atoms with Crippen molar-refractivity contribution >= 4 is 53.3 Å². The molecular weight excluding hydrogens is 707 g/mol. The van der Waals surface area contributed by atoms with E-state index in [4.69, 9.17) is 29.9 Å². The summed E-state index contributed by atoms with van der Waals surface area (Å²) < 4.78 is 4.66. The molecule has 0 aliphatic carbocycles. The first-order valence-corrected chi connectivity index (χ1v) is 19.2. The molecular formula is C48H29N7S. The van der Waals surface area contributed by atoms with E-state index in [0.29, 0.717) is 35.1 Å². The van der Waals surface area contributed by atoms with Crippen molar-refractivity contribution in [3.05, 3.63) is 176 Å². The van der Waals surface area contributed by atoms with Gasteiger partial charge in [-0.3, -0.25) is 4.57 Å². The third-order valence-corrected chi connectivity index (χ3v) is 11.3. The van der Waals surface area contributed by atoms with Crippen molar-refractivity contribution in [3.8, 4) is 62.9 Å². The predicted molar refractivity (Wildman–Crippen MR) is 228 cm³/mol. The van der Waals surface area contributed by atoms with Gasteiger partial charge < -0.3 is 0 Å². The van der Waals surface area contributed by atoms with Crippen molar-refractivity contribution in [1.29, 1.82) is 0 Å². The summed E-state index contributed by atoms with van der Waals surface area (Å²) in [7, 11) is 0. The number of thiophene rings is 1. The standard InChI is InChI=1S/C48H29N7S/c1-4-15-30(16-5-1)43-49-44(31-17-6-2-7-18-31)51-46(50-43)33-21-14-22-34(29-33)47-52-45(32-19-8-3-9-20-32)53-48(54-47)55-39-25-12-10-23-35(39)37-27-28-38-36-24-11-13-26-40(36)56-42(38)41(37)55/h1-29H. The van der Waals surface area contributed by atoms with Crippen molar-refractivity contribution in [1.82, 2.24) is 34.5 Å². The third-order valence-electron chi connectivity index (χ3n) is 10.1. The molecule has 0 N–H and O–H groups in total. The van der Waals surface area contributed by atoms with E-state index in [9.17, 15) is 0 Å². The summed E-state index contributed by atoms with van der Waals surface area (Å²) in [4.78, 5) is 30.5. The van der Waals surface area contributed by atoms with Crippen LogP contribution in [-0.4, -0.2) is 34.5 Å². The Balaban J connectivity index is 1.14. The Labute approximate surface area is 325 Å². The summed E-state index contributed by atoms with van der Waals surface area (Å²) in [5.41, 5.74) is 6.49. The smallest absolute Gasteiger partial charge is 0.238 e. The summed E-state index contributed by atoms with van der Waals surface area (Å²) in [5.74, 6) is 3.45. The highest BCUT2D eigenvalue weighted by atomic mass is 32.1. The van der Waals surface area contributed by atoms with Crippen LogP contribution in [0.5, 0.6) is 0 Å². The number of hydrogen-bond donors (Lipinski definition) is 0. The molecule has 0 radical (unpaired) electrons. The highest BCUT2D eigenvalue weighted by molar-refractivity contribution is 7.26. The Hall–Kier alpha value is -7.42. The van der Waals surface area contributed by atoms with Gasteiger partial charge in [-0.2, -0.15) is 9.97 Å². The molecule has 0 spiro atoms. The summed E-state index contributed by atoms with van der Waals surface area (Å²) in [6.07, 6.45) is 0. The van der Waals surface area contributed by atoms with Gasteiger partial charge in [0.25, 0.3) is 0 Å². The van der Waals surface area contributed by atoms with Crippen molar-refractivity contribution in [3.63, 3.8) is 0 Å². The minimum Gasteiger partial charge on any atom is -0.276 e. The summed E-state index contributed by atoms with van der Waals surface area (Å²) in [6.45, 7) is 0. The maximum atomic E-state index is 5.29. The van der Waals surface area contributed by atoms with Gasteiger partial charge in [0.2, 0.25) is 5.95 Å². The Kier molecular flexibility index (Phi) is 7.53. The van der Waals surface area contributed by atoms with Crippen LogP contribution in [-0.2, 0) is 0 Å². The lowest BCUT2D eigenvalue weighted by atomic mass is 10.1. The number of fused-ring (bicyclic) bond motifs is 7. The molecule has 0 aliphatic rings. The van der Waals surface area contributed by atoms with E-state index in [-0.39, 0.29) is 0 Å². The zero-order chi connectivity index (χ0) is 37.0. The van der Waals surface area contributed by atoms with E-state index in [1.54, 1.807) is 11.3 Å². The van der Waals surface area contributed by atoms with Gasteiger partial charge in [0.05, 0.1) is 15.7 Å². The molecule has 0 amide bonds. The molecule has 56 heavy (non-hydrogen) atoms. The van der Waals surface area contributed by atoms with Gasteiger partial charge in [0.15, 0.2) is 29.1 Å². The van der Waals surface area contributed by atoms with E-state index >= 15 is 0 Å². The minimum absolute atomic E-state index is 0.547. The normalized spacial score (nSPS) is 11.6. The maximum absolute atomic E-state index is 5.29. The fraction of sp³-hybridized carbons (Fsp3) is 0. The molecule has 11 aromatic rings. The molecule has 7 nitrogen and oxygen atoms in total. The van der Waals surface area contributed by atoms with Crippen molar-refractivity contribution < 1.29 is 0 Å². The lowest BCUT2D eigenvalue weighted by Crippen LogP contribution is -2.06. The van der Waals surface area contributed by atoms with E-state index in [0.717, 1.165) is 49.6 Å². The molecule has 262 valence electrons. The zero-order valence-corrected chi connectivity index (χ0v) is 30.6. The number of nitrogens with zero attached hydrogens (tertiary/aromatic N) is 7. The van der Waals surface area contributed by atoms with Crippen molar-refractivity contribution in [2.75, 3.05) is 0 Å². The first-order chi connectivity index (χ1) is 27.7.